The summed E-state index contributed by atoms with van der Waals surface area (Å²) >= 11 is 0. The highest BCUT2D eigenvalue weighted by molar-refractivity contribution is 5.90. The molecule has 5 atom stereocenters. The molecule has 4 fully saturated rings. The second-order valence-corrected chi connectivity index (χ2v) is 12.4. The van der Waals surface area contributed by atoms with Crippen molar-refractivity contribution in [2.24, 2.45) is 29.6 Å². The number of ether oxygens (including phenoxy) is 2. The van der Waals surface area contributed by atoms with Gasteiger partial charge in [-0.3, -0.25) is 9.59 Å². The second kappa shape index (κ2) is 12.3. The largest absolute Gasteiger partial charge is 0.349 e. The molecule has 3 heterocycles. The van der Waals surface area contributed by atoms with E-state index in [2.05, 4.69) is 33.0 Å². The lowest BCUT2D eigenvalue weighted by atomic mass is 9.90. The Labute approximate surface area is 235 Å². The fraction of sp³-hybridized carbons (Fsp3) is 0.933. The predicted octanol–water partition coefficient (Wildman–Crippen LogP) is 4.44. The first-order chi connectivity index (χ1) is 20.2. The van der Waals surface area contributed by atoms with Crippen LogP contribution < -0.4 is 5.32 Å². The van der Waals surface area contributed by atoms with Gasteiger partial charge in [0.15, 0.2) is 5.79 Å². The molecule has 1 spiro atoms. The molecule has 3 aliphatic heterocycles. The molecular weight excluding hydrogens is 466 g/mol. The molecule has 0 aromatic rings. The minimum absolute atomic E-state index is 0.00235. The van der Waals surface area contributed by atoms with Crippen LogP contribution in [0.5, 0.6) is 0 Å². The van der Waals surface area contributed by atoms with Gasteiger partial charge < -0.3 is 24.6 Å². The Kier molecular flexibility index (Phi) is 6.90. The number of hydrogen-bond acceptors (Lipinski definition) is 5. The lowest BCUT2D eigenvalue weighted by molar-refractivity contribution is -0.303. The van der Waals surface area contributed by atoms with Crippen molar-refractivity contribution in [2.75, 3.05) is 32.8 Å². The molecule has 2 amide bonds. The monoisotopic (exact) mass is 526 g/mol. The van der Waals surface area contributed by atoms with E-state index < -0.39 is 42.8 Å². The lowest BCUT2D eigenvalue weighted by Crippen LogP contribution is -2.64. The van der Waals surface area contributed by atoms with E-state index in [1.807, 2.05) is 11.8 Å². The molecule has 1 aliphatic carbocycles. The molecule has 4 aliphatic rings. The number of nitrogens with zero attached hydrogens (tertiary/aromatic N) is 2. The first-order valence-electron chi connectivity index (χ1n) is 17.8. The molecule has 4 rings (SSSR count). The zero-order valence-electron chi connectivity index (χ0n) is 30.6. The molecule has 37 heavy (non-hydrogen) atoms. The van der Waals surface area contributed by atoms with Crippen molar-refractivity contribution in [2.45, 2.75) is 117 Å². The molecule has 3 saturated heterocycles. The van der Waals surface area contributed by atoms with Crippen molar-refractivity contribution in [3.8, 4) is 0 Å². The van der Waals surface area contributed by atoms with E-state index in [9.17, 15) is 9.59 Å². The number of piperazine rings is 1. The van der Waals surface area contributed by atoms with Gasteiger partial charge in [-0.1, -0.05) is 47.4 Å². The summed E-state index contributed by atoms with van der Waals surface area (Å²) in [5, 5.41) is 3.33. The molecule has 7 heteroatoms. The summed E-state index contributed by atoms with van der Waals surface area (Å²) < 4.78 is 71.3. The van der Waals surface area contributed by atoms with Crippen molar-refractivity contribution in [3.63, 3.8) is 0 Å². The summed E-state index contributed by atoms with van der Waals surface area (Å²) in [6.45, 7) is 13.4. The smallest absolute Gasteiger partial charge is 0.245 e. The number of piperidine rings is 1. The van der Waals surface area contributed by atoms with E-state index in [1.54, 1.807) is 4.90 Å². The summed E-state index contributed by atoms with van der Waals surface area (Å²) in [4.78, 5) is 31.2. The number of carbonyl (C=O) groups excluding carboxylic acids is 2. The minimum atomic E-state index is -2.67. The Morgan fingerprint density at radius 2 is 1.86 bits per heavy atom. The first kappa shape index (κ1) is 20.7. The van der Waals surface area contributed by atoms with E-state index in [0.29, 0.717) is 44.8 Å². The van der Waals surface area contributed by atoms with Crippen LogP contribution in [0.4, 0.5) is 0 Å². The first-order valence-corrected chi connectivity index (χ1v) is 14.3. The topological polar surface area (TPSA) is 71.1 Å². The molecular formula is C30H53N3O4. The molecule has 0 aromatic heterocycles. The second-order valence-electron chi connectivity index (χ2n) is 12.4. The molecule has 0 radical (unpaired) electrons. The third kappa shape index (κ3) is 7.07. The van der Waals surface area contributed by atoms with Crippen LogP contribution in [0.1, 0.15) is 102 Å². The molecule has 2 unspecified atom stereocenters. The van der Waals surface area contributed by atoms with E-state index in [4.69, 9.17) is 19.1 Å². The highest BCUT2D eigenvalue weighted by Crippen LogP contribution is 2.40. The van der Waals surface area contributed by atoms with Crippen LogP contribution in [-0.2, 0) is 19.1 Å². The number of rotatable bonds is 8. The van der Waals surface area contributed by atoms with E-state index in [1.165, 1.54) is 0 Å². The molecule has 0 aromatic carbocycles. The van der Waals surface area contributed by atoms with Gasteiger partial charge >= 0.3 is 0 Å². The highest BCUT2D eigenvalue weighted by Gasteiger charge is 2.47. The number of likely N-dealkylation sites (tertiary alicyclic amines) is 1. The van der Waals surface area contributed by atoms with Crippen LogP contribution in [0, 0.1) is 29.6 Å². The lowest BCUT2D eigenvalue weighted by Gasteiger charge is -2.49. The predicted molar refractivity (Wildman–Crippen MR) is 146 cm³/mol. The van der Waals surface area contributed by atoms with Gasteiger partial charge in [0.2, 0.25) is 11.8 Å². The maximum atomic E-state index is 14.1. The van der Waals surface area contributed by atoms with Gasteiger partial charge in [-0.15, -0.1) is 0 Å². The van der Waals surface area contributed by atoms with Crippen LogP contribution in [0.3, 0.4) is 0 Å². The third-order valence-corrected chi connectivity index (χ3v) is 8.10. The fourth-order valence-corrected chi connectivity index (χ4v) is 6.23. The Balaban J connectivity index is 1.40. The van der Waals surface area contributed by atoms with Crippen LogP contribution in [0.25, 0.3) is 0 Å². The average Bonchev–Trinajstić information content (AvgIpc) is 2.97. The summed E-state index contributed by atoms with van der Waals surface area (Å²) in [5.41, 5.74) is 0. The van der Waals surface area contributed by atoms with Gasteiger partial charge in [0.25, 0.3) is 0 Å². The summed E-state index contributed by atoms with van der Waals surface area (Å²) in [5.74, 6) is -4.34. The van der Waals surface area contributed by atoms with Gasteiger partial charge in [0.1, 0.15) is 6.04 Å². The molecule has 1 saturated carbocycles. The summed E-state index contributed by atoms with van der Waals surface area (Å²) in [7, 11) is 0. The van der Waals surface area contributed by atoms with Crippen LogP contribution in [0.15, 0.2) is 0 Å². The number of amides is 2. The van der Waals surface area contributed by atoms with Crippen molar-refractivity contribution in [1.82, 2.24) is 15.1 Å². The Bertz CT molecular complexity index is 1040. The highest BCUT2D eigenvalue weighted by atomic mass is 16.7. The van der Waals surface area contributed by atoms with Gasteiger partial charge in [-0.25, -0.2) is 0 Å². The van der Waals surface area contributed by atoms with Gasteiger partial charge in [-0.2, -0.15) is 0 Å². The standard InChI is InChI=1S/C30H53N3O4/c1-20(2)13-26-28(34)33(12-10-31-26)27(14-21(3)4)29(35)32-11-9-30(17-23(32)6)36-18-25(19-37-30)16-24-8-7-22(5)15-24/h20-27,31H,7-19H2,1-6H3/t22?,23-,24?,25?,26-,27-,30?/m0/s1/i7D2,8D2,15D2,22D. The van der Waals surface area contributed by atoms with Crippen molar-refractivity contribution >= 4 is 11.8 Å². The van der Waals surface area contributed by atoms with Crippen molar-refractivity contribution in [3.05, 3.63) is 0 Å². The summed E-state index contributed by atoms with van der Waals surface area (Å²) in [6, 6.07) is -1.02. The molecule has 0 bridgehead atoms. The van der Waals surface area contributed by atoms with E-state index in [0.717, 1.165) is 13.3 Å². The number of nitrogens with one attached hydrogen (secondary N) is 1. The average molecular weight is 527 g/mol. The van der Waals surface area contributed by atoms with Crippen molar-refractivity contribution in [1.29, 1.82) is 0 Å². The van der Waals surface area contributed by atoms with Crippen LogP contribution >= 0.6 is 0 Å². The third-order valence-electron chi connectivity index (χ3n) is 8.10. The summed E-state index contributed by atoms with van der Waals surface area (Å²) in [6.07, 6.45) is -5.41. The Morgan fingerprint density at radius 3 is 2.46 bits per heavy atom. The zero-order valence-corrected chi connectivity index (χ0v) is 23.6. The maximum absolute atomic E-state index is 14.1. The molecule has 1 N–H and O–H groups in total. The molecule has 212 valence electrons. The fourth-order valence-electron chi connectivity index (χ4n) is 6.23. The van der Waals surface area contributed by atoms with E-state index >= 15 is 0 Å². The SMILES string of the molecule is [2H]C1([2H])C(CC2COC3(CCN(C(=O)[C@H](CC(C)C)N4CCN[C@@H](CC(C)C)C4=O)[C@@H](C)C3)OC2)C([2H])([2H])C([2H])(C)C1([2H])[2H]. The quantitative estimate of drug-likeness (QED) is 0.506. The van der Waals surface area contributed by atoms with Crippen LogP contribution in [0.2, 0.25) is 0 Å². The maximum Gasteiger partial charge on any atom is 0.245 e. The zero-order chi connectivity index (χ0) is 33.0. The Hall–Kier alpha value is -1.18. The van der Waals surface area contributed by atoms with Crippen molar-refractivity contribution < 1.29 is 28.7 Å². The normalized spacial score (nSPS) is 45.0. The molecule has 7 nitrogen and oxygen atoms in total. The van der Waals surface area contributed by atoms with Crippen LogP contribution in [-0.4, -0.2) is 78.4 Å². The number of carbonyl (C=O) groups is 2. The number of hydrogen-bond donors (Lipinski definition) is 1. The Morgan fingerprint density at radius 1 is 1.14 bits per heavy atom. The van der Waals surface area contributed by atoms with Gasteiger partial charge in [0, 0.05) is 54.0 Å². The van der Waals surface area contributed by atoms with E-state index in [-0.39, 0.29) is 55.4 Å². The van der Waals surface area contributed by atoms with Gasteiger partial charge in [-0.05, 0) is 56.2 Å². The van der Waals surface area contributed by atoms with Gasteiger partial charge in [0.05, 0.1) is 19.3 Å². The minimum Gasteiger partial charge on any atom is -0.349 e.